The number of imidazole rings is 1. The van der Waals surface area contributed by atoms with Gasteiger partial charge in [0.1, 0.15) is 5.69 Å². The molecular formula is C29H33F3N6O. The van der Waals surface area contributed by atoms with Gasteiger partial charge in [0.15, 0.2) is 0 Å². The van der Waals surface area contributed by atoms with E-state index >= 15 is 0 Å². The molecule has 4 aromatic rings. The predicted molar refractivity (Wildman–Crippen MR) is 143 cm³/mol. The first-order valence-corrected chi connectivity index (χ1v) is 13.6. The fourth-order valence-electron chi connectivity index (χ4n) is 5.61. The fourth-order valence-corrected chi connectivity index (χ4v) is 5.61. The Hall–Kier alpha value is -3.69. The maximum absolute atomic E-state index is 14.5. The molecule has 5 rings (SSSR count). The van der Waals surface area contributed by atoms with Crippen molar-refractivity contribution in [2.24, 2.45) is 5.92 Å². The molecular weight excluding hydrogens is 505 g/mol. The van der Waals surface area contributed by atoms with Gasteiger partial charge in [-0.05, 0) is 53.5 Å². The van der Waals surface area contributed by atoms with Gasteiger partial charge in [0.2, 0.25) is 5.82 Å². The van der Waals surface area contributed by atoms with Crippen LogP contribution in [0.3, 0.4) is 0 Å². The van der Waals surface area contributed by atoms with E-state index in [9.17, 15) is 18.0 Å². The minimum absolute atomic E-state index is 0.0851. The topological polar surface area (TPSA) is 81.4 Å². The van der Waals surface area contributed by atoms with Gasteiger partial charge in [-0.2, -0.15) is 18.4 Å². The first kappa shape index (κ1) is 26.9. The molecule has 0 radical (unpaired) electrons. The number of aromatic amines is 1. The van der Waals surface area contributed by atoms with E-state index in [0.29, 0.717) is 25.1 Å². The summed E-state index contributed by atoms with van der Waals surface area (Å²) < 4.78 is 46.0. The summed E-state index contributed by atoms with van der Waals surface area (Å²) >= 11 is 0. The highest BCUT2D eigenvalue weighted by molar-refractivity contribution is 5.80. The van der Waals surface area contributed by atoms with Crippen molar-refractivity contribution in [2.45, 2.75) is 77.6 Å². The molecule has 1 N–H and O–H groups in total. The number of H-pyrrole nitrogens is 1. The molecule has 0 aliphatic heterocycles. The SMILES string of the molecule is CC(C)CCc1c(C(F)(F)F)n(C2CCCCC2)c(=O)n1Cc1ccc(-c2ccccc2-c2nn[nH]n2)cc1. The number of benzene rings is 2. The van der Waals surface area contributed by atoms with E-state index in [4.69, 9.17) is 0 Å². The summed E-state index contributed by atoms with van der Waals surface area (Å²) in [7, 11) is 0. The summed E-state index contributed by atoms with van der Waals surface area (Å²) in [6, 6.07) is 14.8. The zero-order chi connectivity index (χ0) is 27.6. The Bertz CT molecular complexity index is 1450. The number of nitrogens with zero attached hydrogens (tertiary/aromatic N) is 5. The minimum atomic E-state index is -4.60. The van der Waals surface area contributed by atoms with Crippen molar-refractivity contribution >= 4 is 0 Å². The van der Waals surface area contributed by atoms with Gasteiger partial charge in [-0.15, -0.1) is 10.2 Å². The van der Waals surface area contributed by atoms with Crippen LogP contribution >= 0.6 is 0 Å². The normalized spacial score (nSPS) is 14.8. The zero-order valence-corrected chi connectivity index (χ0v) is 22.2. The van der Waals surface area contributed by atoms with E-state index in [0.717, 1.165) is 46.1 Å². The highest BCUT2D eigenvalue weighted by Gasteiger charge is 2.42. The summed E-state index contributed by atoms with van der Waals surface area (Å²) in [5.74, 6) is 0.686. The van der Waals surface area contributed by atoms with Crippen molar-refractivity contribution in [2.75, 3.05) is 0 Å². The van der Waals surface area contributed by atoms with Crippen LogP contribution in [-0.2, 0) is 19.1 Å². The van der Waals surface area contributed by atoms with Crippen molar-refractivity contribution < 1.29 is 13.2 Å². The van der Waals surface area contributed by atoms with E-state index in [2.05, 4.69) is 20.6 Å². The van der Waals surface area contributed by atoms with E-state index in [1.807, 2.05) is 62.4 Å². The quantitative estimate of drug-likeness (QED) is 0.272. The Balaban J connectivity index is 1.53. The lowest BCUT2D eigenvalue weighted by atomic mass is 9.95. The predicted octanol–water partition coefficient (Wildman–Crippen LogP) is 6.66. The molecule has 0 saturated heterocycles. The molecule has 2 aromatic carbocycles. The van der Waals surface area contributed by atoms with Crippen molar-refractivity contribution in [1.82, 2.24) is 29.8 Å². The second-order valence-corrected chi connectivity index (χ2v) is 10.7. The molecule has 1 aliphatic rings. The van der Waals surface area contributed by atoms with Gasteiger partial charge in [-0.25, -0.2) is 4.79 Å². The summed E-state index contributed by atoms with van der Waals surface area (Å²) in [6.07, 6.45) is 0.0604. The van der Waals surface area contributed by atoms with Crippen molar-refractivity contribution in [3.63, 3.8) is 0 Å². The van der Waals surface area contributed by atoms with Crippen LogP contribution in [0, 0.1) is 5.92 Å². The van der Waals surface area contributed by atoms with Crippen molar-refractivity contribution in [3.8, 4) is 22.5 Å². The summed E-state index contributed by atoms with van der Waals surface area (Å²) in [4.78, 5) is 13.7. The number of nitrogens with one attached hydrogen (secondary N) is 1. The largest absolute Gasteiger partial charge is 0.433 e. The van der Waals surface area contributed by atoms with E-state index in [1.165, 1.54) is 4.57 Å². The first-order valence-electron chi connectivity index (χ1n) is 13.6. The first-order chi connectivity index (χ1) is 18.7. The van der Waals surface area contributed by atoms with Crippen LogP contribution < -0.4 is 5.69 Å². The third-order valence-electron chi connectivity index (χ3n) is 7.56. The second kappa shape index (κ2) is 11.2. The number of tetrazole rings is 1. The second-order valence-electron chi connectivity index (χ2n) is 10.7. The molecule has 206 valence electrons. The van der Waals surface area contributed by atoms with Gasteiger partial charge in [0.25, 0.3) is 0 Å². The fraction of sp³-hybridized carbons (Fsp3) is 0.448. The number of halogens is 3. The molecule has 1 fully saturated rings. The van der Waals surface area contributed by atoms with Crippen LogP contribution in [0.15, 0.2) is 53.3 Å². The number of alkyl halides is 3. The molecule has 2 heterocycles. The zero-order valence-electron chi connectivity index (χ0n) is 22.2. The third kappa shape index (κ3) is 5.69. The number of aromatic nitrogens is 6. The molecule has 1 aliphatic carbocycles. The highest BCUT2D eigenvalue weighted by atomic mass is 19.4. The van der Waals surface area contributed by atoms with Crippen LogP contribution in [0.25, 0.3) is 22.5 Å². The van der Waals surface area contributed by atoms with Crippen LogP contribution in [0.4, 0.5) is 13.2 Å². The molecule has 39 heavy (non-hydrogen) atoms. The van der Waals surface area contributed by atoms with Gasteiger partial charge in [-0.1, -0.05) is 81.6 Å². The highest BCUT2D eigenvalue weighted by Crippen LogP contribution is 2.38. The van der Waals surface area contributed by atoms with Crippen LogP contribution in [-0.4, -0.2) is 29.8 Å². The minimum Gasteiger partial charge on any atom is -0.291 e. The van der Waals surface area contributed by atoms with E-state index in [-0.39, 0.29) is 24.6 Å². The summed E-state index contributed by atoms with van der Waals surface area (Å²) in [5.41, 5.74) is 2.16. The average Bonchev–Trinajstić information content (AvgIpc) is 3.55. The Morgan fingerprint density at radius 3 is 2.31 bits per heavy atom. The average molecular weight is 539 g/mol. The maximum Gasteiger partial charge on any atom is 0.433 e. The lowest BCUT2D eigenvalue weighted by Crippen LogP contribution is -2.31. The summed E-state index contributed by atoms with van der Waals surface area (Å²) in [5, 5.41) is 14.3. The Morgan fingerprint density at radius 2 is 1.69 bits per heavy atom. The number of rotatable bonds is 8. The van der Waals surface area contributed by atoms with Crippen molar-refractivity contribution in [3.05, 3.63) is 76.0 Å². The molecule has 0 unspecified atom stereocenters. The van der Waals surface area contributed by atoms with E-state index in [1.54, 1.807) is 0 Å². The van der Waals surface area contributed by atoms with Crippen LogP contribution in [0.1, 0.15) is 75.4 Å². The lowest BCUT2D eigenvalue weighted by Gasteiger charge is -2.25. The van der Waals surface area contributed by atoms with Crippen LogP contribution in [0.5, 0.6) is 0 Å². The Kier molecular flexibility index (Phi) is 7.72. The van der Waals surface area contributed by atoms with Crippen LogP contribution in [0.2, 0.25) is 0 Å². The smallest absolute Gasteiger partial charge is 0.291 e. The molecule has 2 aromatic heterocycles. The summed E-state index contributed by atoms with van der Waals surface area (Å²) in [6.45, 7) is 4.06. The Morgan fingerprint density at radius 1 is 1.00 bits per heavy atom. The van der Waals surface area contributed by atoms with Gasteiger partial charge in [-0.3, -0.25) is 9.13 Å². The number of hydrogen-bond acceptors (Lipinski definition) is 4. The van der Waals surface area contributed by atoms with Gasteiger partial charge in [0, 0.05) is 11.6 Å². The van der Waals surface area contributed by atoms with E-state index < -0.39 is 23.6 Å². The van der Waals surface area contributed by atoms with Gasteiger partial charge >= 0.3 is 11.9 Å². The lowest BCUT2D eigenvalue weighted by molar-refractivity contribution is -0.145. The standard InChI is InChI=1S/C29H33F3N6O/c1-19(2)12-17-25-26(29(30,31)32)38(22-8-4-3-5-9-22)28(39)37(25)18-20-13-15-21(16-14-20)23-10-6-7-11-24(23)27-33-35-36-34-27/h6-7,10-11,13-16,19,22H,3-5,8-9,12,17-18H2,1-2H3,(H,33,34,35,36). The van der Waals surface area contributed by atoms with Gasteiger partial charge in [0.05, 0.1) is 12.2 Å². The third-order valence-corrected chi connectivity index (χ3v) is 7.56. The number of hydrogen-bond donors (Lipinski definition) is 1. The monoisotopic (exact) mass is 538 g/mol. The Labute approximate surface area is 225 Å². The molecule has 7 nitrogen and oxygen atoms in total. The molecule has 0 atom stereocenters. The molecule has 1 saturated carbocycles. The molecule has 0 bridgehead atoms. The molecule has 0 amide bonds. The van der Waals surface area contributed by atoms with Gasteiger partial charge < -0.3 is 0 Å². The maximum atomic E-state index is 14.5. The van der Waals surface area contributed by atoms with Crippen molar-refractivity contribution in [1.29, 1.82) is 0 Å². The molecule has 0 spiro atoms. The molecule has 10 heteroatoms.